The molecule has 1 aromatic carbocycles. The van der Waals surface area contributed by atoms with E-state index in [4.69, 9.17) is 5.26 Å². The van der Waals surface area contributed by atoms with E-state index in [-0.39, 0.29) is 0 Å². The van der Waals surface area contributed by atoms with Crippen LogP contribution in [0.3, 0.4) is 0 Å². The smallest absolute Gasteiger partial charge is 0.262 e. The van der Waals surface area contributed by atoms with E-state index < -0.39 is 5.78 Å². The summed E-state index contributed by atoms with van der Waals surface area (Å²) in [5.74, 6) is -0.463. The van der Waals surface area contributed by atoms with Gasteiger partial charge in [0.05, 0.1) is 0 Å². The topological polar surface area (TPSA) is 40.9 Å². The first-order chi connectivity index (χ1) is 7.27. The predicted octanol–water partition coefficient (Wildman–Crippen LogP) is 3.13. The van der Waals surface area contributed by atoms with Gasteiger partial charge in [0.15, 0.2) is 0 Å². The molecule has 0 unspecified atom stereocenters. The average Bonchev–Trinajstić information content (AvgIpc) is 2.29. The Morgan fingerprint density at radius 1 is 1.27 bits per heavy atom. The molecule has 0 amide bonds. The number of ketones is 1. The van der Waals surface area contributed by atoms with Crippen molar-refractivity contribution in [1.82, 2.24) is 0 Å². The lowest BCUT2D eigenvalue weighted by atomic mass is 10.0. The molecule has 1 aromatic rings. The maximum absolute atomic E-state index is 11.0. The van der Waals surface area contributed by atoms with Gasteiger partial charge in [-0.05, 0) is 18.4 Å². The molecule has 0 N–H and O–H groups in total. The van der Waals surface area contributed by atoms with Crippen molar-refractivity contribution >= 4 is 5.78 Å². The molecule has 0 atom stereocenters. The SMILES string of the molecule is CCCCCc1ccc(C(=O)C#N)cc1. The number of carbonyl (C=O) groups excluding carboxylic acids is 1. The van der Waals surface area contributed by atoms with Crippen LogP contribution in [0.4, 0.5) is 0 Å². The van der Waals surface area contributed by atoms with Crippen molar-refractivity contribution in [3.63, 3.8) is 0 Å². The number of carbonyl (C=O) groups is 1. The molecular formula is C13H15NO. The van der Waals surface area contributed by atoms with E-state index in [1.54, 1.807) is 18.2 Å². The Kier molecular flexibility index (Phi) is 4.56. The lowest BCUT2D eigenvalue weighted by Crippen LogP contribution is -1.94. The zero-order chi connectivity index (χ0) is 11.1. The minimum Gasteiger partial charge on any atom is -0.277 e. The van der Waals surface area contributed by atoms with E-state index in [2.05, 4.69) is 6.92 Å². The van der Waals surface area contributed by atoms with Gasteiger partial charge in [0.25, 0.3) is 5.78 Å². The van der Waals surface area contributed by atoms with Crippen LogP contribution in [0.1, 0.15) is 42.1 Å². The van der Waals surface area contributed by atoms with Crippen molar-refractivity contribution in [3.8, 4) is 6.07 Å². The van der Waals surface area contributed by atoms with Crippen LogP contribution in [-0.4, -0.2) is 5.78 Å². The molecule has 0 radical (unpaired) electrons. The van der Waals surface area contributed by atoms with E-state index in [1.807, 2.05) is 12.1 Å². The number of benzene rings is 1. The van der Waals surface area contributed by atoms with Crippen LogP contribution in [0.25, 0.3) is 0 Å². The second-order valence-electron chi connectivity index (χ2n) is 3.59. The number of rotatable bonds is 5. The minimum absolute atomic E-state index is 0.463. The molecule has 0 aliphatic heterocycles. The Balaban J connectivity index is 2.57. The zero-order valence-corrected chi connectivity index (χ0v) is 8.99. The molecule has 0 aliphatic rings. The van der Waals surface area contributed by atoms with Crippen molar-refractivity contribution in [2.45, 2.75) is 32.6 Å². The van der Waals surface area contributed by atoms with Crippen LogP contribution >= 0.6 is 0 Å². The maximum atomic E-state index is 11.0. The third-order valence-corrected chi connectivity index (χ3v) is 2.39. The number of Topliss-reactive ketones (excluding diaryl/α,β-unsaturated/α-hetero) is 1. The van der Waals surface area contributed by atoms with Gasteiger partial charge in [-0.1, -0.05) is 44.0 Å². The van der Waals surface area contributed by atoms with Gasteiger partial charge in [-0.15, -0.1) is 0 Å². The zero-order valence-electron chi connectivity index (χ0n) is 8.99. The van der Waals surface area contributed by atoms with Crippen LogP contribution in [-0.2, 0) is 6.42 Å². The number of nitriles is 1. The minimum atomic E-state index is -0.463. The largest absolute Gasteiger partial charge is 0.277 e. The molecule has 15 heavy (non-hydrogen) atoms. The van der Waals surface area contributed by atoms with Crippen LogP contribution in [0, 0.1) is 11.3 Å². The summed E-state index contributed by atoms with van der Waals surface area (Å²) in [6.07, 6.45) is 4.68. The average molecular weight is 201 g/mol. The van der Waals surface area contributed by atoms with Gasteiger partial charge in [-0.2, -0.15) is 5.26 Å². The van der Waals surface area contributed by atoms with Gasteiger partial charge in [-0.3, -0.25) is 4.79 Å². The molecule has 0 heterocycles. The highest BCUT2D eigenvalue weighted by Gasteiger charge is 2.02. The summed E-state index contributed by atoms with van der Waals surface area (Å²) in [6.45, 7) is 2.18. The fourth-order valence-electron chi connectivity index (χ4n) is 1.47. The second-order valence-corrected chi connectivity index (χ2v) is 3.59. The lowest BCUT2D eigenvalue weighted by Gasteiger charge is -2.00. The fourth-order valence-corrected chi connectivity index (χ4v) is 1.47. The van der Waals surface area contributed by atoms with Crippen molar-refractivity contribution in [2.24, 2.45) is 0 Å². The molecule has 78 valence electrons. The normalized spacial score (nSPS) is 9.60. The molecule has 0 aliphatic carbocycles. The Labute approximate surface area is 90.5 Å². The van der Waals surface area contributed by atoms with Crippen LogP contribution in [0.5, 0.6) is 0 Å². The Morgan fingerprint density at radius 2 is 1.93 bits per heavy atom. The van der Waals surface area contributed by atoms with E-state index in [0.29, 0.717) is 5.56 Å². The molecule has 0 aromatic heterocycles. The molecule has 2 nitrogen and oxygen atoms in total. The molecule has 0 spiro atoms. The van der Waals surface area contributed by atoms with Crippen LogP contribution in [0.15, 0.2) is 24.3 Å². The molecule has 0 saturated heterocycles. The van der Waals surface area contributed by atoms with Gasteiger partial charge < -0.3 is 0 Å². The van der Waals surface area contributed by atoms with Crippen LogP contribution in [0.2, 0.25) is 0 Å². The van der Waals surface area contributed by atoms with Gasteiger partial charge in [0.1, 0.15) is 6.07 Å². The first-order valence-corrected chi connectivity index (χ1v) is 5.31. The number of hydrogen-bond acceptors (Lipinski definition) is 2. The van der Waals surface area contributed by atoms with Crippen molar-refractivity contribution < 1.29 is 4.79 Å². The highest BCUT2D eigenvalue weighted by atomic mass is 16.1. The Bertz CT molecular complexity index is 359. The van der Waals surface area contributed by atoms with E-state index in [0.717, 1.165) is 6.42 Å². The summed E-state index contributed by atoms with van der Waals surface area (Å²) >= 11 is 0. The van der Waals surface area contributed by atoms with Crippen molar-refractivity contribution in [3.05, 3.63) is 35.4 Å². The summed E-state index contributed by atoms with van der Waals surface area (Å²) in [4.78, 5) is 11.0. The third kappa shape index (κ3) is 3.55. The molecule has 0 fully saturated rings. The lowest BCUT2D eigenvalue weighted by molar-refractivity contribution is 0.105. The summed E-state index contributed by atoms with van der Waals surface area (Å²) in [6, 6.07) is 8.93. The first-order valence-electron chi connectivity index (χ1n) is 5.31. The summed E-state index contributed by atoms with van der Waals surface area (Å²) in [5.41, 5.74) is 1.72. The maximum Gasteiger partial charge on any atom is 0.262 e. The molecule has 1 rings (SSSR count). The standard InChI is InChI=1S/C13H15NO/c1-2-3-4-5-11-6-8-12(9-7-11)13(15)10-14/h6-9H,2-5H2,1H3. The Hall–Kier alpha value is -1.62. The molecule has 2 heteroatoms. The van der Waals surface area contributed by atoms with Gasteiger partial charge in [-0.25, -0.2) is 0 Å². The monoisotopic (exact) mass is 201 g/mol. The molecule has 0 saturated carbocycles. The third-order valence-electron chi connectivity index (χ3n) is 2.39. The Morgan fingerprint density at radius 3 is 2.47 bits per heavy atom. The summed E-state index contributed by atoms with van der Waals surface area (Å²) < 4.78 is 0. The van der Waals surface area contributed by atoms with Crippen molar-refractivity contribution in [2.75, 3.05) is 0 Å². The van der Waals surface area contributed by atoms with Gasteiger partial charge >= 0.3 is 0 Å². The summed E-state index contributed by atoms with van der Waals surface area (Å²) in [7, 11) is 0. The highest BCUT2D eigenvalue weighted by Crippen LogP contribution is 2.09. The number of hydrogen-bond donors (Lipinski definition) is 0. The fraction of sp³-hybridized carbons (Fsp3) is 0.385. The van der Waals surface area contributed by atoms with E-state index >= 15 is 0 Å². The van der Waals surface area contributed by atoms with Crippen LogP contribution < -0.4 is 0 Å². The molecular weight excluding hydrogens is 186 g/mol. The molecule has 0 bridgehead atoms. The highest BCUT2D eigenvalue weighted by molar-refractivity contribution is 6.07. The quantitative estimate of drug-likeness (QED) is 0.417. The predicted molar refractivity (Wildman–Crippen MR) is 59.6 cm³/mol. The summed E-state index contributed by atoms with van der Waals surface area (Å²) in [5, 5.41) is 8.43. The van der Waals surface area contributed by atoms with Gasteiger partial charge in [0, 0.05) is 5.56 Å². The first kappa shape index (κ1) is 11.5. The van der Waals surface area contributed by atoms with E-state index in [9.17, 15) is 4.79 Å². The number of unbranched alkanes of at least 4 members (excludes halogenated alkanes) is 2. The van der Waals surface area contributed by atoms with Crippen molar-refractivity contribution in [1.29, 1.82) is 5.26 Å². The number of nitrogens with zero attached hydrogens (tertiary/aromatic N) is 1. The second kappa shape index (κ2) is 5.98. The number of aryl methyl sites for hydroxylation is 1. The van der Waals surface area contributed by atoms with E-state index in [1.165, 1.54) is 24.8 Å². The van der Waals surface area contributed by atoms with Gasteiger partial charge in [0.2, 0.25) is 0 Å².